The highest BCUT2D eigenvalue weighted by atomic mass is 32.2. The number of halogens is 3. The molecular weight excluding hydrogens is 645 g/mol. The average molecular weight is 679 g/mol. The van der Waals surface area contributed by atoms with Gasteiger partial charge in [0.15, 0.2) is 0 Å². The van der Waals surface area contributed by atoms with E-state index < -0.39 is 62.3 Å². The minimum atomic E-state index is -5.84. The van der Waals surface area contributed by atoms with Gasteiger partial charge in [-0.25, -0.2) is 9.59 Å². The number of rotatable bonds is 6. The second-order valence-corrected chi connectivity index (χ2v) is 9.86. The molecule has 0 aromatic heterocycles. The van der Waals surface area contributed by atoms with Crippen LogP contribution in [-0.4, -0.2) is 92.3 Å². The van der Waals surface area contributed by atoms with Crippen LogP contribution in [0.2, 0.25) is 0 Å². The predicted molar refractivity (Wildman–Crippen MR) is 147 cm³/mol. The maximum atomic E-state index is 10.7. The van der Waals surface area contributed by atoms with Gasteiger partial charge in [0.25, 0.3) is 0 Å². The van der Waals surface area contributed by atoms with Crippen LogP contribution in [0.5, 0.6) is 28.7 Å². The number of carboxylic acids is 4. The first kappa shape index (κ1) is 44.5. The molecule has 45 heavy (non-hydrogen) atoms. The summed E-state index contributed by atoms with van der Waals surface area (Å²) < 4.78 is 67.3. The van der Waals surface area contributed by atoms with Crippen molar-refractivity contribution in [3.63, 3.8) is 0 Å². The van der Waals surface area contributed by atoms with Gasteiger partial charge in [-0.3, -0.25) is 14.1 Å². The molecule has 20 heteroatoms. The molecule has 0 saturated carbocycles. The number of alkyl halides is 3. The van der Waals surface area contributed by atoms with E-state index in [0.717, 1.165) is 12.1 Å². The summed E-state index contributed by atoms with van der Waals surface area (Å²) in [6.45, 7) is 6.56. The highest BCUT2D eigenvalue weighted by Crippen LogP contribution is 2.31. The molecule has 0 fully saturated rings. The number of ether oxygens (including phenoxy) is 2. The normalized spacial score (nSPS) is 10.2. The van der Waals surface area contributed by atoms with Gasteiger partial charge in [0.2, 0.25) is 0 Å². The lowest BCUT2D eigenvalue weighted by Gasteiger charge is -2.06. The Morgan fingerprint density at radius 1 is 0.733 bits per heavy atom. The number of phenolic OH excluding ortho intramolecular Hbond substituents is 1. The summed E-state index contributed by atoms with van der Waals surface area (Å²) in [7, 11) is -2.91. The van der Waals surface area contributed by atoms with Crippen LogP contribution in [0.1, 0.15) is 48.4 Å². The average Bonchev–Trinajstić information content (AvgIpc) is 2.87. The minimum absolute atomic E-state index is 0.128. The highest BCUT2D eigenvalue weighted by molar-refractivity contribution is 7.86. The van der Waals surface area contributed by atoms with Crippen LogP contribution >= 0.6 is 0 Å². The Bertz CT molecular complexity index is 1350. The van der Waals surface area contributed by atoms with E-state index in [9.17, 15) is 32.3 Å². The van der Waals surface area contributed by atoms with E-state index in [2.05, 4.69) is 0 Å². The molecule has 0 heterocycles. The lowest BCUT2D eigenvalue weighted by Crippen LogP contribution is -2.21. The topological polar surface area (TPSA) is 283 Å². The Morgan fingerprint density at radius 2 is 1.09 bits per heavy atom. The highest BCUT2D eigenvalue weighted by Gasteiger charge is 2.44. The molecule has 0 atom stereocenters. The SMILES string of the molecule is CC(C)C(=O)O.CC(C)C(=O)O.COc1ccc(C(=O)O)c(OC)c1.O=C(O)c1c(O)cc(O)cc1O.O=S(=O)(O)C(F)(F)F. The van der Waals surface area contributed by atoms with Gasteiger partial charge < -0.3 is 45.2 Å². The number of carboxylic acid groups (broad SMARTS) is 4. The van der Waals surface area contributed by atoms with Crippen LogP contribution in [0.15, 0.2) is 30.3 Å². The molecule has 8 N–H and O–H groups in total. The van der Waals surface area contributed by atoms with Crippen molar-refractivity contribution in [2.45, 2.75) is 33.2 Å². The van der Waals surface area contributed by atoms with Crippen LogP contribution in [0.4, 0.5) is 13.2 Å². The van der Waals surface area contributed by atoms with Gasteiger partial charge in [0, 0.05) is 18.2 Å². The molecule has 0 aliphatic carbocycles. The summed E-state index contributed by atoms with van der Waals surface area (Å²) in [4.78, 5) is 40.4. The molecule has 0 unspecified atom stereocenters. The first-order chi connectivity index (χ1) is 20.2. The number of phenols is 3. The monoisotopic (exact) mass is 678 g/mol. The van der Waals surface area contributed by atoms with Gasteiger partial charge in [-0.2, -0.15) is 21.6 Å². The second kappa shape index (κ2) is 20.1. The maximum absolute atomic E-state index is 10.7. The fourth-order valence-corrected chi connectivity index (χ4v) is 1.79. The van der Waals surface area contributed by atoms with E-state index >= 15 is 0 Å². The number of hydrogen-bond donors (Lipinski definition) is 8. The Hall–Kier alpha value is -4.98. The second-order valence-electron chi connectivity index (χ2n) is 8.44. The van der Waals surface area contributed by atoms with Crippen molar-refractivity contribution in [1.29, 1.82) is 0 Å². The standard InChI is InChI=1S/C9H10O4.C7H6O5.2C4H8O2.CHF3O3S/c1-12-6-3-4-7(9(10)11)8(5-6)13-2;8-3-1-4(9)6(7(11)12)5(10)2-3;2*1-3(2)4(5)6;2-1(3,4)8(5,6)7/h3-5H,1-2H3,(H,10,11);1-2,8-10H,(H,11,12);2*3H,1-2H3,(H,5,6);(H,5,6,7). The largest absolute Gasteiger partial charge is 0.522 e. The van der Waals surface area contributed by atoms with Crippen molar-refractivity contribution in [3.05, 3.63) is 41.5 Å². The summed E-state index contributed by atoms with van der Waals surface area (Å²) in [5, 5.41) is 59.8. The van der Waals surface area contributed by atoms with E-state index in [4.69, 9.17) is 58.2 Å². The molecule has 0 saturated heterocycles. The number of aromatic carboxylic acids is 2. The zero-order chi connectivity index (χ0) is 36.5. The number of carbonyl (C=O) groups is 4. The quantitative estimate of drug-likeness (QED) is 0.159. The zero-order valence-corrected chi connectivity index (χ0v) is 25.2. The molecule has 2 rings (SSSR count). The number of aliphatic carboxylic acids is 2. The molecule has 0 amide bonds. The van der Waals surface area contributed by atoms with E-state index in [1.165, 1.54) is 26.4 Å². The van der Waals surface area contributed by atoms with E-state index in [0.29, 0.717) is 11.5 Å². The van der Waals surface area contributed by atoms with Crippen molar-refractivity contribution in [3.8, 4) is 28.7 Å². The van der Waals surface area contributed by atoms with Gasteiger partial charge in [-0.1, -0.05) is 27.7 Å². The third-order valence-electron chi connectivity index (χ3n) is 4.21. The molecule has 2 aromatic carbocycles. The zero-order valence-electron chi connectivity index (χ0n) is 24.4. The van der Waals surface area contributed by atoms with E-state index in [1.807, 2.05) is 0 Å². The van der Waals surface area contributed by atoms with Crippen LogP contribution in [0.25, 0.3) is 0 Å². The third kappa shape index (κ3) is 19.0. The van der Waals surface area contributed by atoms with Crippen LogP contribution in [-0.2, 0) is 19.7 Å². The molecule has 2 aromatic rings. The summed E-state index contributed by atoms with van der Waals surface area (Å²) >= 11 is 0. The third-order valence-corrected chi connectivity index (χ3v) is 4.80. The molecule has 256 valence electrons. The van der Waals surface area contributed by atoms with Crippen LogP contribution < -0.4 is 9.47 Å². The fourth-order valence-electron chi connectivity index (χ4n) is 1.79. The van der Waals surface area contributed by atoms with Crippen molar-refractivity contribution in [1.82, 2.24) is 0 Å². The first-order valence-electron chi connectivity index (χ1n) is 11.7. The molecule has 0 aliphatic rings. The molecular formula is C25H33F3O16S. The van der Waals surface area contributed by atoms with Crippen molar-refractivity contribution >= 4 is 34.0 Å². The molecule has 0 spiro atoms. The summed E-state index contributed by atoms with van der Waals surface area (Å²) in [6.07, 6.45) is 0. The smallest absolute Gasteiger partial charge is 0.508 e. The van der Waals surface area contributed by atoms with Crippen molar-refractivity contribution in [2.75, 3.05) is 14.2 Å². The van der Waals surface area contributed by atoms with Gasteiger partial charge in [0.1, 0.15) is 39.9 Å². The first-order valence-corrected chi connectivity index (χ1v) is 13.1. The summed E-state index contributed by atoms with van der Waals surface area (Å²) in [6, 6.07) is 6.22. The lowest BCUT2D eigenvalue weighted by atomic mass is 10.1. The van der Waals surface area contributed by atoms with Crippen molar-refractivity contribution < 1.29 is 90.5 Å². The Morgan fingerprint density at radius 3 is 1.31 bits per heavy atom. The molecule has 0 radical (unpaired) electrons. The number of methoxy groups -OCH3 is 2. The Kier molecular flexibility index (Phi) is 19.8. The number of benzene rings is 2. The van der Waals surface area contributed by atoms with Gasteiger partial charge in [-0.05, 0) is 12.1 Å². The Balaban J connectivity index is -0.000000511. The minimum Gasteiger partial charge on any atom is -0.508 e. The van der Waals surface area contributed by atoms with Gasteiger partial charge in [-0.15, -0.1) is 0 Å². The molecule has 16 nitrogen and oxygen atoms in total. The maximum Gasteiger partial charge on any atom is 0.522 e. The Labute approximate surface area is 254 Å². The number of aromatic hydroxyl groups is 3. The molecule has 0 bridgehead atoms. The lowest BCUT2D eigenvalue weighted by molar-refractivity contribution is -0.141. The van der Waals surface area contributed by atoms with Crippen LogP contribution in [0, 0.1) is 11.8 Å². The number of hydrogen-bond acceptors (Lipinski definition) is 11. The van der Waals surface area contributed by atoms with Crippen LogP contribution in [0.3, 0.4) is 0 Å². The van der Waals surface area contributed by atoms with Gasteiger partial charge >= 0.3 is 39.5 Å². The van der Waals surface area contributed by atoms with Crippen molar-refractivity contribution in [2.24, 2.45) is 11.8 Å². The van der Waals surface area contributed by atoms with E-state index in [1.54, 1.807) is 33.8 Å². The summed E-state index contributed by atoms with van der Waals surface area (Å²) in [5.41, 5.74) is -6.02. The molecule has 0 aliphatic heterocycles. The van der Waals surface area contributed by atoms with E-state index in [-0.39, 0.29) is 17.4 Å². The predicted octanol–water partition coefficient (Wildman–Crippen LogP) is 3.75. The van der Waals surface area contributed by atoms with Gasteiger partial charge in [0.05, 0.1) is 26.1 Å². The fraction of sp³-hybridized carbons (Fsp3) is 0.360. The summed E-state index contributed by atoms with van der Waals surface area (Å²) in [5.74, 6) is -5.27.